The molecule has 1 saturated heterocycles. The number of likely N-dealkylation sites (tertiary alicyclic amines) is 1. The van der Waals surface area contributed by atoms with Crippen molar-refractivity contribution in [2.45, 2.75) is 38.8 Å². The summed E-state index contributed by atoms with van der Waals surface area (Å²) in [4.78, 5) is 51.5. The molecule has 2 aliphatic rings. The third kappa shape index (κ3) is 1.94. The molecule has 1 aromatic carbocycles. The lowest BCUT2D eigenvalue weighted by Gasteiger charge is -2.36. The van der Waals surface area contributed by atoms with Crippen molar-refractivity contribution in [1.29, 1.82) is 0 Å². The summed E-state index contributed by atoms with van der Waals surface area (Å²) in [6.45, 7) is 3.47. The number of carbonyl (C=O) groups is 4. The van der Waals surface area contributed by atoms with Crippen molar-refractivity contribution in [2.75, 3.05) is 0 Å². The first-order valence-electron chi connectivity index (χ1n) is 7.26. The SMILES string of the molecule is CC(C)N1C(=O)CCC(N2C(=O)c3ccccc3C2=O)C1=O. The maximum Gasteiger partial charge on any atom is 0.262 e. The predicted octanol–water partition coefficient (Wildman–Crippen LogP) is 1.21. The van der Waals surface area contributed by atoms with Gasteiger partial charge in [0, 0.05) is 12.5 Å². The minimum Gasteiger partial charge on any atom is -0.278 e. The molecule has 6 heteroatoms. The van der Waals surface area contributed by atoms with Crippen molar-refractivity contribution < 1.29 is 19.2 Å². The first-order chi connectivity index (χ1) is 10.4. The molecule has 0 aliphatic carbocycles. The summed E-state index contributed by atoms with van der Waals surface area (Å²) >= 11 is 0. The highest BCUT2D eigenvalue weighted by molar-refractivity contribution is 6.23. The van der Waals surface area contributed by atoms with Crippen molar-refractivity contribution in [3.8, 4) is 0 Å². The van der Waals surface area contributed by atoms with Gasteiger partial charge in [0.1, 0.15) is 6.04 Å². The summed E-state index contributed by atoms with van der Waals surface area (Å²) in [6, 6.07) is 5.33. The Balaban J connectivity index is 1.96. The number of hydrogen-bond acceptors (Lipinski definition) is 4. The van der Waals surface area contributed by atoms with E-state index in [0.717, 1.165) is 9.80 Å². The third-order valence-electron chi connectivity index (χ3n) is 4.08. The van der Waals surface area contributed by atoms with Gasteiger partial charge in [0.2, 0.25) is 5.91 Å². The molecule has 0 bridgehead atoms. The Morgan fingerprint density at radius 1 is 1.00 bits per heavy atom. The quantitative estimate of drug-likeness (QED) is 0.769. The molecule has 1 fully saturated rings. The molecule has 0 spiro atoms. The van der Waals surface area contributed by atoms with Crippen LogP contribution in [0.1, 0.15) is 47.4 Å². The molecule has 2 heterocycles. The van der Waals surface area contributed by atoms with Crippen LogP contribution in [-0.4, -0.2) is 45.5 Å². The van der Waals surface area contributed by atoms with Crippen molar-refractivity contribution in [2.24, 2.45) is 0 Å². The van der Waals surface area contributed by atoms with Gasteiger partial charge in [0.25, 0.3) is 17.7 Å². The fraction of sp³-hybridized carbons (Fsp3) is 0.375. The Kier molecular flexibility index (Phi) is 3.31. The first kappa shape index (κ1) is 14.4. The van der Waals surface area contributed by atoms with E-state index in [2.05, 4.69) is 0 Å². The highest BCUT2D eigenvalue weighted by Gasteiger charge is 2.47. The molecule has 2 aliphatic heterocycles. The van der Waals surface area contributed by atoms with E-state index in [1.54, 1.807) is 38.1 Å². The minimum absolute atomic E-state index is 0.155. The van der Waals surface area contributed by atoms with Gasteiger partial charge in [0.15, 0.2) is 0 Å². The summed E-state index contributed by atoms with van der Waals surface area (Å²) in [5.41, 5.74) is 0.626. The molecular formula is C16H16N2O4. The van der Waals surface area contributed by atoms with Gasteiger partial charge in [0.05, 0.1) is 11.1 Å². The van der Waals surface area contributed by atoms with Crippen LogP contribution in [0.5, 0.6) is 0 Å². The number of fused-ring (bicyclic) bond motifs is 1. The first-order valence-corrected chi connectivity index (χ1v) is 7.26. The number of nitrogens with zero attached hydrogens (tertiary/aromatic N) is 2. The van der Waals surface area contributed by atoms with Crippen molar-refractivity contribution in [3.05, 3.63) is 35.4 Å². The van der Waals surface area contributed by atoms with E-state index >= 15 is 0 Å². The monoisotopic (exact) mass is 300 g/mol. The molecular weight excluding hydrogens is 284 g/mol. The number of benzene rings is 1. The second kappa shape index (κ2) is 5.05. The summed E-state index contributed by atoms with van der Waals surface area (Å²) in [6.07, 6.45) is 0.342. The largest absolute Gasteiger partial charge is 0.278 e. The Morgan fingerprint density at radius 3 is 2.05 bits per heavy atom. The highest BCUT2D eigenvalue weighted by Crippen LogP contribution is 2.29. The molecule has 0 radical (unpaired) electrons. The molecule has 22 heavy (non-hydrogen) atoms. The van der Waals surface area contributed by atoms with E-state index in [9.17, 15) is 19.2 Å². The van der Waals surface area contributed by atoms with Crippen LogP contribution in [0.2, 0.25) is 0 Å². The summed E-state index contributed by atoms with van der Waals surface area (Å²) in [5, 5.41) is 0. The van der Waals surface area contributed by atoms with Gasteiger partial charge in [-0.25, -0.2) is 0 Å². The van der Waals surface area contributed by atoms with Crippen LogP contribution in [0.3, 0.4) is 0 Å². The molecule has 1 aromatic rings. The Morgan fingerprint density at radius 2 is 1.55 bits per heavy atom. The molecule has 3 rings (SSSR count). The van der Waals surface area contributed by atoms with Gasteiger partial charge in [-0.3, -0.25) is 29.0 Å². The molecule has 0 N–H and O–H groups in total. The maximum absolute atomic E-state index is 12.6. The number of imide groups is 2. The van der Waals surface area contributed by atoms with Crippen molar-refractivity contribution in [1.82, 2.24) is 9.80 Å². The van der Waals surface area contributed by atoms with Crippen LogP contribution in [-0.2, 0) is 9.59 Å². The lowest BCUT2D eigenvalue weighted by molar-refractivity contribution is -0.153. The predicted molar refractivity (Wildman–Crippen MR) is 77.0 cm³/mol. The summed E-state index contributed by atoms with van der Waals surface area (Å²) < 4.78 is 0. The van der Waals surface area contributed by atoms with Gasteiger partial charge < -0.3 is 0 Å². The van der Waals surface area contributed by atoms with Gasteiger partial charge in [-0.05, 0) is 32.4 Å². The zero-order chi connectivity index (χ0) is 16.0. The van der Waals surface area contributed by atoms with Crippen molar-refractivity contribution >= 4 is 23.6 Å². The fourth-order valence-corrected chi connectivity index (χ4v) is 3.06. The topological polar surface area (TPSA) is 74.8 Å². The highest BCUT2D eigenvalue weighted by atomic mass is 16.2. The number of rotatable bonds is 2. The average Bonchev–Trinajstić information content (AvgIpc) is 2.72. The van der Waals surface area contributed by atoms with Crippen LogP contribution in [0.15, 0.2) is 24.3 Å². The van der Waals surface area contributed by atoms with Crippen LogP contribution < -0.4 is 0 Å². The Bertz CT molecular complexity index is 660. The van der Waals surface area contributed by atoms with Crippen LogP contribution in [0, 0.1) is 0 Å². The zero-order valence-corrected chi connectivity index (χ0v) is 12.4. The van der Waals surface area contributed by atoms with E-state index in [4.69, 9.17) is 0 Å². The minimum atomic E-state index is -0.896. The second-order valence-electron chi connectivity index (χ2n) is 5.78. The van der Waals surface area contributed by atoms with E-state index in [1.165, 1.54) is 0 Å². The van der Waals surface area contributed by atoms with Crippen LogP contribution in [0.25, 0.3) is 0 Å². The molecule has 1 unspecified atom stereocenters. The number of piperidine rings is 1. The van der Waals surface area contributed by atoms with E-state index < -0.39 is 23.8 Å². The lowest BCUT2D eigenvalue weighted by Crippen LogP contribution is -2.57. The standard InChI is InChI=1S/C16H16N2O4/c1-9(2)17-13(19)8-7-12(16(17)22)18-14(20)10-5-3-4-6-11(10)15(18)21/h3-6,9,12H,7-8H2,1-2H3. The molecule has 1 atom stereocenters. The number of hydrogen-bond donors (Lipinski definition) is 0. The summed E-state index contributed by atoms with van der Waals surface area (Å²) in [5.74, 6) is -1.65. The Hall–Kier alpha value is -2.50. The molecule has 4 amide bonds. The Labute approximate surface area is 127 Å². The molecule has 0 aromatic heterocycles. The van der Waals surface area contributed by atoms with E-state index in [1.807, 2.05) is 0 Å². The van der Waals surface area contributed by atoms with E-state index in [0.29, 0.717) is 11.1 Å². The second-order valence-corrected chi connectivity index (χ2v) is 5.78. The molecule has 114 valence electrons. The zero-order valence-electron chi connectivity index (χ0n) is 12.4. The van der Waals surface area contributed by atoms with E-state index in [-0.39, 0.29) is 24.8 Å². The lowest BCUT2D eigenvalue weighted by atomic mass is 10.0. The third-order valence-corrected chi connectivity index (χ3v) is 4.08. The smallest absolute Gasteiger partial charge is 0.262 e. The van der Waals surface area contributed by atoms with Gasteiger partial charge in [-0.1, -0.05) is 12.1 Å². The maximum atomic E-state index is 12.6. The van der Waals surface area contributed by atoms with Gasteiger partial charge in [-0.2, -0.15) is 0 Å². The van der Waals surface area contributed by atoms with Gasteiger partial charge >= 0.3 is 0 Å². The van der Waals surface area contributed by atoms with Crippen LogP contribution >= 0.6 is 0 Å². The average molecular weight is 300 g/mol. The van der Waals surface area contributed by atoms with Crippen molar-refractivity contribution in [3.63, 3.8) is 0 Å². The van der Waals surface area contributed by atoms with Gasteiger partial charge in [-0.15, -0.1) is 0 Å². The summed E-state index contributed by atoms with van der Waals surface area (Å²) in [7, 11) is 0. The number of carbonyl (C=O) groups excluding carboxylic acids is 4. The van der Waals surface area contributed by atoms with Crippen LogP contribution in [0.4, 0.5) is 0 Å². The molecule has 0 saturated carbocycles. The molecule has 6 nitrogen and oxygen atoms in total. The number of amides is 4. The fourth-order valence-electron chi connectivity index (χ4n) is 3.06. The normalized spacial score (nSPS) is 21.9.